The highest BCUT2D eigenvalue weighted by Crippen LogP contribution is 2.21. The number of hydrogen-bond acceptors (Lipinski definition) is 3. The van der Waals surface area contributed by atoms with Gasteiger partial charge >= 0.3 is 0 Å². The van der Waals surface area contributed by atoms with Gasteiger partial charge in [-0.15, -0.1) is 0 Å². The van der Waals surface area contributed by atoms with E-state index in [4.69, 9.17) is 4.74 Å². The van der Waals surface area contributed by atoms with Crippen LogP contribution >= 0.6 is 0 Å². The number of aryl methyl sites for hydroxylation is 1. The summed E-state index contributed by atoms with van der Waals surface area (Å²) in [7, 11) is 1.63. The van der Waals surface area contributed by atoms with Gasteiger partial charge in [0.2, 0.25) is 11.8 Å². The van der Waals surface area contributed by atoms with Crippen molar-refractivity contribution in [3.8, 4) is 5.75 Å². The molecule has 2 aromatic rings. The number of hydrogen-bond donors (Lipinski definition) is 1. The van der Waals surface area contributed by atoms with Gasteiger partial charge in [-0.05, 0) is 49.4 Å². The lowest BCUT2D eigenvalue weighted by molar-refractivity contribution is -0.141. The van der Waals surface area contributed by atoms with Gasteiger partial charge in [0.15, 0.2) is 0 Å². The van der Waals surface area contributed by atoms with Gasteiger partial charge in [0.1, 0.15) is 11.8 Å². The molecular weight excluding hydrogens is 400 g/mol. The highest BCUT2D eigenvalue weighted by Gasteiger charge is 2.30. The van der Waals surface area contributed by atoms with Crippen molar-refractivity contribution in [3.63, 3.8) is 0 Å². The third kappa shape index (κ3) is 6.59. The first-order valence-corrected chi connectivity index (χ1v) is 11.8. The Labute approximate surface area is 192 Å². The molecule has 0 bridgehead atoms. The first-order valence-electron chi connectivity index (χ1n) is 11.8. The van der Waals surface area contributed by atoms with Crippen LogP contribution in [0.1, 0.15) is 62.1 Å². The van der Waals surface area contributed by atoms with E-state index in [0.717, 1.165) is 48.1 Å². The van der Waals surface area contributed by atoms with Crippen LogP contribution in [0.25, 0.3) is 0 Å². The topological polar surface area (TPSA) is 58.6 Å². The molecule has 0 spiro atoms. The lowest BCUT2D eigenvalue weighted by atomic mass is 9.95. The molecule has 1 N–H and O–H groups in total. The number of carbonyl (C=O) groups is 2. The van der Waals surface area contributed by atoms with Crippen molar-refractivity contribution in [3.05, 3.63) is 65.2 Å². The van der Waals surface area contributed by atoms with E-state index >= 15 is 0 Å². The maximum Gasteiger partial charge on any atom is 0.243 e. The summed E-state index contributed by atoms with van der Waals surface area (Å²) in [6, 6.07) is 15.4. The fourth-order valence-corrected chi connectivity index (χ4v) is 4.41. The second-order valence-electron chi connectivity index (χ2n) is 8.80. The molecule has 172 valence electrons. The molecule has 1 fully saturated rings. The maximum absolute atomic E-state index is 13.5. The SMILES string of the molecule is CCC(C(=O)NC1CCCCC1)N(Cc1cccc(OC)c1)C(=O)Cc1ccc(C)cc1. The minimum atomic E-state index is -0.499. The van der Waals surface area contributed by atoms with Gasteiger partial charge in [-0.3, -0.25) is 9.59 Å². The molecule has 1 atom stereocenters. The zero-order valence-corrected chi connectivity index (χ0v) is 19.6. The molecule has 0 aromatic heterocycles. The minimum Gasteiger partial charge on any atom is -0.497 e. The number of benzene rings is 2. The van der Waals surface area contributed by atoms with Crippen LogP contribution in [0.3, 0.4) is 0 Å². The fourth-order valence-electron chi connectivity index (χ4n) is 4.41. The number of ether oxygens (including phenoxy) is 1. The van der Waals surface area contributed by atoms with Crippen LogP contribution in [0.2, 0.25) is 0 Å². The summed E-state index contributed by atoms with van der Waals surface area (Å²) in [6.07, 6.45) is 6.44. The largest absolute Gasteiger partial charge is 0.497 e. The molecule has 3 rings (SSSR count). The molecule has 5 heteroatoms. The maximum atomic E-state index is 13.5. The molecule has 0 heterocycles. The van der Waals surface area contributed by atoms with Gasteiger partial charge in [0.05, 0.1) is 13.5 Å². The Kier molecular flexibility index (Phi) is 8.72. The van der Waals surface area contributed by atoms with E-state index in [1.165, 1.54) is 6.42 Å². The zero-order chi connectivity index (χ0) is 22.9. The standard InChI is InChI=1S/C27H36N2O3/c1-4-25(27(31)28-23-10-6-5-7-11-23)29(19-22-9-8-12-24(17-22)32-3)26(30)18-21-15-13-20(2)14-16-21/h8-9,12-17,23,25H,4-7,10-11,18-19H2,1-3H3,(H,28,31). The monoisotopic (exact) mass is 436 g/mol. The minimum absolute atomic E-state index is 0.0395. The molecule has 1 aliphatic rings. The molecule has 0 aliphatic heterocycles. The number of nitrogens with one attached hydrogen (secondary N) is 1. The number of carbonyl (C=O) groups excluding carboxylic acids is 2. The fraction of sp³-hybridized carbons (Fsp3) is 0.481. The van der Waals surface area contributed by atoms with Crippen molar-refractivity contribution < 1.29 is 14.3 Å². The van der Waals surface area contributed by atoms with Gasteiger partial charge < -0.3 is 15.0 Å². The van der Waals surface area contributed by atoms with Crippen LogP contribution in [0.15, 0.2) is 48.5 Å². The smallest absolute Gasteiger partial charge is 0.243 e. The number of amides is 2. The molecule has 1 aliphatic carbocycles. The summed E-state index contributed by atoms with van der Waals surface area (Å²) in [5, 5.41) is 3.23. The van der Waals surface area contributed by atoms with Gasteiger partial charge in [-0.25, -0.2) is 0 Å². The molecule has 2 amide bonds. The summed E-state index contributed by atoms with van der Waals surface area (Å²) in [5.41, 5.74) is 3.07. The highest BCUT2D eigenvalue weighted by atomic mass is 16.5. The molecule has 1 saturated carbocycles. The van der Waals surface area contributed by atoms with Crippen molar-refractivity contribution >= 4 is 11.8 Å². The summed E-state index contributed by atoms with van der Waals surface area (Å²) in [4.78, 5) is 28.5. The molecule has 0 radical (unpaired) electrons. The molecule has 1 unspecified atom stereocenters. The molecule has 2 aromatic carbocycles. The van der Waals surface area contributed by atoms with Crippen molar-refractivity contribution in [2.24, 2.45) is 0 Å². The van der Waals surface area contributed by atoms with E-state index in [2.05, 4.69) is 5.32 Å². The number of methoxy groups -OCH3 is 1. The Morgan fingerprint density at radius 1 is 1.06 bits per heavy atom. The van der Waals surface area contributed by atoms with Crippen LogP contribution in [0, 0.1) is 6.92 Å². The average molecular weight is 437 g/mol. The average Bonchev–Trinajstić information content (AvgIpc) is 2.81. The Bertz CT molecular complexity index is 888. The van der Waals surface area contributed by atoms with E-state index in [1.807, 2.05) is 62.4 Å². The summed E-state index contributed by atoms with van der Waals surface area (Å²) >= 11 is 0. The van der Waals surface area contributed by atoms with Crippen molar-refractivity contribution in [2.75, 3.05) is 7.11 Å². The normalized spacial score (nSPS) is 15.1. The predicted molar refractivity (Wildman–Crippen MR) is 128 cm³/mol. The lowest BCUT2D eigenvalue weighted by Gasteiger charge is -2.33. The zero-order valence-electron chi connectivity index (χ0n) is 19.6. The summed E-state index contributed by atoms with van der Waals surface area (Å²) < 4.78 is 5.36. The van der Waals surface area contributed by atoms with Crippen molar-refractivity contribution in [1.82, 2.24) is 10.2 Å². The van der Waals surface area contributed by atoms with Crippen molar-refractivity contribution in [1.29, 1.82) is 0 Å². The van der Waals surface area contributed by atoms with Gasteiger partial charge in [0.25, 0.3) is 0 Å². The summed E-state index contributed by atoms with van der Waals surface area (Å²) in [5.74, 6) is 0.662. The second-order valence-corrected chi connectivity index (χ2v) is 8.80. The van der Waals surface area contributed by atoms with E-state index in [9.17, 15) is 9.59 Å². The third-order valence-corrected chi connectivity index (χ3v) is 6.30. The third-order valence-electron chi connectivity index (χ3n) is 6.30. The summed E-state index contributed by atoms with van der Waals surface area (Å²) in [6.45, 7) is 4.38. The van der Waals surface area contributed by atoms with E-state index in [1.54, 1.807) is 12.0 Å². The predicted octanol–water partition coefficient (Wildman–Crippen LogP) is 4.80. The van der Waals surface area contributed by atoms with Gasteiger partial charge in [0, 0.05) is 12.6 Å². The quantitative estimate of drug-likeness (QED) is 0.614. The number of nitrogens with zero attached hydrogens (tertiary/aromatic N) is 1. The Morgan fingerprint density at radius 2 is 1.78 bits per heavy atom. The Hall–Kier alpha value is -2.82. The van der Waals surface area contributed by atoms with Crippen LogP contribution in [-0.4, -0.2) is 35.9 Å². The number of rotatable bonds is 9. The molecule has 5 nitrogen and oxygen atoms in total. The first kappa shape index (κ1) is 23.8. The van der Waals surface area contributed by atoms with Crippen molar-refractivity contribution in [2.45, 2.75) is 77.4 Å². The van der Waals surface area contributed by atoms with E-state index in [0.29, 0.717) is 13.0 Å². The lowest BCUT2D eigenvalue weighted by Crippen LogP contribution is -2.51. The molecule has 0 saturated heterocycles. The Balaban J connectivity index is 1.81. The van der Waals surface area contributed by atoms with Crippen LogP contribution < -0.4 is 10.1 Å². The van der Waals surface area contributed by atoms with E-state index < -0.39 is 6.04 Å². The van der Waals surface area contributed by atoms with Gasteiger partial charge in [-0.1, -0.05) is 68.1 Å². The van der Waals surface area contributed by atoms with Crippen LogP contribution in [0.4, 0.5) is 0 Å². The second kappa shape index (κ2) is 11.7. The van der Waals surface area contributed by atoms with Gasteiger partial charge in [-0.2, -0.15) is 0 Å². The van der Waals surface area contributed by atoms with Crippen LogP contribution in [-0.2, 0) is 22.6 Å². The Morgan fingerprint density at radius 3 is 2.44 bits per heavy atom. The van der Waals surface area contributed by atoms with Crippen LogP contribution in [0.5, 0.6) is 5.75 Å². The first-order chi connectivity index (χ1) is 15.5. The molecule has 32 heavy (non-hydrogen) atoms. The van der Waals surface area contributed by atoms with E-state index in [-0.39, 0.29) is 24.3 Å². The molecular formula is C27H36N2O3. The highest BCUT2D eigenvalue weighted by molar-refractivity contribution is 5.88.